The fraction of sp³-hybridized carbons (Fsp3) is 0.667. The van der Waals surface area contributed by atoms with E-state index in [1.165, 1.54) is 0 Å². The Bertz CT molecular complexity index is 402. The van der Waals surface area contributed by atoms with Crippen molar-refractivity contribution in [1.29, 1.82) is 0 Å². The van der Waals surface area contributed by atoms with Gasteiger partial charge in [0.1, 0.15) is 5.69 Å². The highest BCUT2D eigenvalue weighted by Gasteiger charge is 2.29. The first-order valence-corrected chi connectivity index (χ1v) is 6.98. The van der Waals surface area contributed by atoms with Crippen LogP contribution in [0.2, 0.25) is 0 Å². The van der Waals surface area contributed by atoms with Gasteiger partial charge in [-0.2, -0.15) is 0 Å². The zero-order valence-corrected chi connectivity index (χ0v) is 11.2. The van der Waals surface area contributed by atoms with Crippen LogP contribution in [0.4, 0.5) is 0 Å². The molecule has 1 aliphatic rings. The Morgan fingerprint density at radius 1 is 1.71 bits per heavy atom. The van der Waals surface area contributed by atoms with Gasteiger partial charge in [-0.25, -0.2) is 4.98 Å². The first-order chi connectivity index (χ1) is 8.13. The molecular weight excluding hydrogens is 234 g/mol. The molecule has 1 fully saturated rings. The monoisotopic (exact) mass is 253 g/mol. The summed E-state index contributed by atoms with van der Waals surface area (Å²) in [5, 5.41) is 2.89. The number of carbonyl (C=O) groups is 1. The van der Waals surface area contributed by atoms with Gasteiger partial charge in [0.25, 0.3) is 5.91 Å². The molecule has 0 radical (unpaired) electrons. The summed E-state index contributed by atoms with van der Waals surface area (Å²) in [5.41, 5.74) is 6.26. The summed E-state index contributed by atoms with van der Waals surface area (Å²) in [6, 6.07) is 0.201. The molecule has 17 heavy (non-hydrogen) atoms. The molecule has 2 N–H and O–H groups in total. The third-order valence-corrected chi connectivity index (χ3v) is 4.29. The van der Waals surface area contributed by atoms with E-state index in [1.807, 2.05) is 10.3 Å². The molecule has 0 saturated carbocycles. The van der Waals surface area contributed by atoms with Crippen molar-refractivity contribution < 1.29 is 4.79 Å². The Morgan fingerprint density at radius 3 is 3.06 bits per heavy atom. The van der Waals surface area contributed by atoms with Gasteiger partial charge in [0.2, 0.25) is 0 Å². The van der Waals surface area contributed by atoms with E-state index in [9.17, 15) is 4.79 Å². The van der Waals surface area contributed by atoms with Crippen LogP contribution in [0, 0.1) is 0 Å². The maximum Gasteiger partial charge on any atom is 0.273 e. The van der Waals surface area contributed by atoms with E-state index in [4.69, 9.17) is 5.73 Å². The van der Waals surface area contributed by atoms with E-state index in [0.717, 1.165) is 24.4 Å². The molecule has 5 heteroatoms. The van der Waals surface area contributed by atoms with Crippen molar-refractivity contribution in [1.82, 2.24) is 9.88 Å². The van der Waals surface area contributed by atoms with Crippen LogP contribution in [0.1, 0.15) is 48.1 Å². The molecule has 4 nitrogen and oxygen atoms in total. The van der Waals surface area contributed by atoms with Crippen molar-refractivity contribution in [3.63, 3.8) is 0 Å². The minimum Gasteiger partial charge on any atom is -0.333 e. The minimum atomic E-state index is 0.0427. The fourth-order valence-electron chi connectivity index (χ4n) is 2.15. The molecule has 1 aliphatic heterocycles. The number of likely N-dealkylation sites (tertiary alicyclic amines) is 1. The zero-order valence-electron chi connectivity index (χ0n) is 10.3. The topological polar surface area (TPSA) is 59.2 Å². The molecule has 0 spiro atoms. The SMILES string of the molecule is CC(C)c1nc(C(=O)N2CCCC2CN)cs1. The van der Waals surface area contributed by atoms with Gasteiger partial charge < -0.3 is 10.6 Å². The third-order valence-electron chi connectivity index (χ3n) is 3.15. The Hall–Kier alpha value is -0.940. The lowest BCUT2D eigenvalue weighted by atomic mass is 10.2. The Labute approximate surface area is 106 Å². The molecule has 1 aromatic rings. The van der Waals surface area contributed by atoms with Gasteiger partial charge in [0, 0.05) is 30.4 Å². The highest BCUT2D eigenvalue weighted by atomic mass is 32.1. The Balaban J connectivity index is 2.13. The van der Waals surface area contributed by atoms with Gasteiger partial charge in [0.05, 0.1) is 5.01 Å². The highest BCUT2D eigenvalue weighted by Crippen LogP contribution is 2.23. The normalized spacial score (nSPS) is 20.2. The summed E-state index contributed by atoms with van der Waals surface area (Å²) >= 11 is 1.56. The number of amides is 1. The summed E-state index contributed by atoms with van der Waals surface area (Å²) in [6.07, 6.45) is 2.07. The first kappa shape index (κ1) is 12.5. The van der Waals surface area contributed by atoms with Gasteiger partial charge >= 0.3 is 0 Å². The number of thiazole rings is 1. The van der Waals surface area contributed by atoms with Crippen molar-refractivity contribution in [2.75, 3.05) is 13.1 Å². The molecule has 94 valence electrons. The largest absolute Gasteiger partial charge is 0.333 e. The maximum absolute atomic E-state index is 12.3. The number of nitrogens with zero attached hydrogens (tertiary/aromatic N) is 2. The van der Waals surface area contributed by atoms with E-state index in [2.05, 4.69) is 18.8 Å². The van der Waals surface area contributed by atoms with Crippen LogP contribution in [0.25, 0.3) is 0 Å². The lowest BCUT2D eigenvalue weighted by Crippen LogP contribution is -2.40. The molecule has 1 amide bonds. The van der Waals surface area contributed by atoms with Crippen molar-refractivity contribution in [2.24, 2.45) is 5.73 Å². The second kappa shape index (κ2) is 5.14. The smallest absolute Gasteiger partial charge is 0.273 e. The van der Waals surface area contributed by atoms with Crippen LogP contribution in [0.15, 0.2) is 5.38 Å². The molecule has 0 bridgehead atoms. The summed E-state index contributed by atoms with van der Waals surface area (Å²) < 4.78 is 0. The number of aromatic nitrogens is 1. The molecule has 0 aliphatic carbocycles. The number of nitrogens with two attached hydrogens (primary N) is 1. The van der Waals surface area contributed by atoms with E-state index in [1.54, 1.807) is 11.3 Å². The van der Waals surface area contributed by atoms with Crippen molar-refractivity contribution >= 4 is 17.2 Å². The van der Waals surface area contributed by atoms with Crippen LogP contribution in [-0.4, -0.2) is 34.9 Å². The molecule has 0 aromatic carbocycles. The standard InChI is InChI=1S/C12H19N3OS/c1-8(2)11-14-10(7-17-11)12(16)15-5-3-4-9(15)6-13/h7-9H,3-6,13H2,1-2H3. The lowest BCUT2D eigenvalue weighted by molar-refractivity contribution is 0.0736. The molecule has 1 aromatic heterocycles. The van der Waals surface area contributed by atoms with Crippen molar-refractivity contribution in [3.8, 4) is 0 Å². The zero-order chi connectivity index (χ0) is 12.4. The van der Waals surface area contributed by atoms with Gasteiger partial charge in [-0.05, 0) is 12.8 Å². The van der Waals surface area contributed by atoms with E-state index in [0.29, 0.717) is 18.2 Å². The minimum absolute atomic E-state index is 0.0427. The van der Waals surface area contributed by atoms with Crippen molar-refractivity contribution in [3.05, 3.63) is 16.1 Å². The predicted molar refractivity (Wildman–Crippen MR) is 69.3 cm³/mol. The molecule has 2 rings (SSSR count). The second-order valence-electron chi connectivity index (χ2n) is 4.76. The summed E-state index contributed by atoms with van der Waals surface area (Å²) in [4.78, 5) is 18.6. The highest BCUT2D eigenvalue weighted by molar-refractivity contribution is 7.09. The van der Waals surface area contributed by atoms with E-state index >= 15 is 0 Å². The summed E-state index contributed by atoms with van der Waals surface area (Å²) in [7, 11) is 0. The fourth-order valence-corrected chi connectivity index (χ4v) is 2.96. The van der Waals surface area contributed by atoms with Crippen LogP contribution in [0.5, 0.6) is 0 Å². The van der Waals surface area contributed by atoms with Crippen LogP contribution < -0.4 is 5.73 Å². The van der Waals surface area contributed by atoms with Crippen LogP contribution in [-0.2, 0) is 0 Å². The molecule has 1 saturated heterocycles. The van der Waals surface area contributed by atoms with Gasteiger partial charge in [-0.3, -0.25) is 4.79 Å². The number of hydrogen-bond donors (Lipinski definition) is 1. The quantitative estimate of drug-likeness (QED) is 0.894. The summed E-state index contributed by atoms with van der Waals surface area (Å²) in [6.45, 7) is 5.54. The van der Waals surface area contributed by atoms with E-state index in [-0.39, 0.29) is 11.9 Å². The second-order valence-corrected chi connectivity index (χ2v) is 5.65. The average molecular weight is 253 g/mol. The molecule has 1 unspecified atom stereocenters. The summed E-state index contributed by atoms with van der Waals surface area (Å²) in [5.74, 6) is 0.423. The molecule has 2 heterocycles. The van der Waals surface area contributed by atoms with Gasteiger partial charge in [-0.15, -0.1) is 11.3 Å². The van der Waals surface area contributed by atoms with Gasteiger partial charge in [-0.1, -0.05) is 13.8 Å². The molecular formula is C12H19N3OS. The third kappa shape index (κ3) is 2.50. The lowest BCUT2D eigenvalue weighted by Gasteiger charge is -2.22. The Morgan fingerprint density at radius 2 is 2.47 bits per heavy atom. The predicted octanol–water partition coefficient (Wildman–Crippen LogP) is 1.83. The van der Waals surface area contributed by atoms with Crippen LogP contribution >= 0.6 is 11.3 Å². The van der Waals surface area contributed by atoms with Gasteiger partial charge in [0.15, 0.2) is 0 Å². The number of hydrogen-bond acceptors (Lipinski definition) is 4. The molecule has 1 atom stereocenters. The first-order valence-electron chi connectivity index (χ1n) is 6.10. The van der Waals surface area contributed by atoms with Crippen LogP contribution in [0.3, 0.4) is 0 Å². The van der Waals surface area contributed by atoms with Crippen molar-refractivity contribution in [2.45, 2.75) is 38.6 Å². The Kier molecular flexibility index (Phi) is 3.79. The average Bonchev–Trinajstić information content (AvgIpc) is 2.96. The number of rotatable bonds is 3. The van der Waals surface area contributed by atoms with E-state index < -0.39 is 0 Å². The maximum atomic E-state index is 12.3. The number of carbonyl (C=O) groups excluding carboxylic acids is 1.